The van der Waals surface area contributed by atoms with E-state index >= 15 is 0 Å². The number of hydrogen-bond acceptors (Lipinski definition) is 4. The van der Waals surface area contributed by atoms with Gasteiger partial charge >= 0.3 is 5.97 Å². The van der Waals surface area contributed by atoms with E-state index in [1.165, 1.54) is 21.0 Å². The van der Waals surface area contributed by atoms with Gasteiger partial charge < -0.3 is 4.74 Å². The van der Waals surface area contributed by atoms with Crippen LogP contribution in [0.4, 0.5) is 0 Å². The Morgan fingerprint density at radius 3 is 2.36 bits per heavy atom. The number of ether oxygens (including phenoxy) is 1. The SMILES string of the molecule is COC(=O)C(C)(C)NS(=O)(=O)CCCl. The van der Waals surface area contributed by atoms with E-state index < -0.39 is 21.5 Å². The molecule has 14 heavy (non-hydrogen) atoms. The highest BCUT2D eigenvalue weighted by Gasteiger charge is 2.32. The van der Waals surface area contributed by atoms with Gasteiger partial charge in [0.05, 0.1) is 12.9 Å². The first-order chi connectivity index (χ1) is 6.25. The maximum absolute atomic E-state index is 11.3. The fourth-order valence-electron chi connectivity index (χ4n) is 0.838. The zero-order chi connectivity index (χ0) is 11.4. The second kappa shape index (κ2) is 4.95. The van der Waals surface area contributed by atoms with Crippen LogP contribution in [0.15, 0.2) is 0 Å². The third kappa shape index (κ3) is 4.26. The van der Waals surface area contributed by atoms with Gasteiger partial charge in [0.15, 0.2) is 0 Å². The number of sulfonamides is 1. The lowest BCUT2D eigenvalue weighted by atomic mass is 10.1. The van der Waals surface area contributed by atoms with Gasteiger partial charge in [-0.2, -0.15) is 4.72 Å². The Labute approximate surface area is 88.8 Å². The molecule has 0 saturated heterocycles. The largest absolute Gasteiger partial charge is 0.468 e. The molecule has 0 aliphatic heterocycles. The second-order valence-electron chi connectivity index (χ2n) is 3.23. The summed E-state index contributed by atoms with van der Waals surface area (Å²) in [5.74, 6) is -0.891. The van der Waals surface area contributed by atoms with E-state index in [1.54, 1.807) is 0 Å². The zero-order valence-electron chi connectivity index (χ0n) is 8.33. The number of methoxy groups -OCH3 is 1. The van der Waals surface area contributed by atoms with E-state index in [2.05, 4.69) is 9.46 Å². The molecule has 0 atom stereocenters. The summed E-state index contributed by atoms with van der Waals surface area (Å²) < 4.78 is 29.2. The van der Waals surface area contributed by atoms with Gasteiger partial charge in [0.25, 0.3) is 0 Å². The Morgan fingerprint density at radius 1 is 1.50 bits per heavy atom. The maximum Gasteiger partial charge on any atom is 0.326 e. The standard InChI is InChI=1S/C7H14ClNO4S/c1-7(2,6(10)13-3)9-14(11,12)5-4-8/h9H,4-5H2,1-3H3. The highest BCUT2D eigenvalue weighted by molar-refractivity contribution is 7.89. The summed E-state index contributed by atoms with van der Waals surface area (Å²) >= 11 is 5.29. The number of alkyl halides is 1. The summed E-state index contributed by atoms with van der Waals surface area (Å²) in [4.78, 5) is 11.1. The van der Waals surface area contributed by atoms with E-state index in [4.69, 9.17) is 11.6 Å². The summed E-state index contributed by atoms with van der Waals surface area (Å²) in [7, 11) is -2.33. The smallest absolute Gasteiger partial charge is 0.326 e. The van der Waals surface area contributed by atoms with Crippen molar-refractivity contribution in [3.05, 3.63) is 0 Å². The molecule has 0 bridgehead atoms. The summed E-state index contributed by atoms with van der Waals surface area (Å²) in [6, 6.07) is 0. The lowest BCUT2D eigenvalue weighted by Crippen LogP contribution is -2.51. The molecule has 1 N–H and O–H groups in total. The van der Waals surface area contributed by atoms with Gasteiger partial charge in [0, 0.05) is 5.88 Å². The van der Waals surface area contributed by atoms with Crippen molar-refractivity contribution < 1.29 is 17.9 Å². The number of carbonyl (C=O) groups is 1. The van der Waals surface area contributed by atoms with Crippen molar-refractivity contribution >= 4 is 27.6 Å². The van der Waals surface area contributed by atoms with Crippen molar-refractivity contribution in [2.75, 3.05) is 18.7 Å². The molecular formula is C7H14ClNO4S. The van der Waals surface area contributed by atoms with E-state index in [1.807, 2.05) is 0 Å². The Balaban J connectivity index is 4.58. The van der Waals surface area contributed by atoms with Crippen LogP contribution in [-0.4, -0.2) is 38.7 Å². The molecule has 0 radical (unpaired) electrons. The minimum Gasteiger partial charge on any atom is -0.468 e. The van der Waals surface area contributed by atoms with Crippen LogP contribution in [0.5, 0.6) is 0 Å². The molecule has 0 amide bonds. The molecule has 0 saturated carbocycles. The molecule has 0 heterocycles. The van der Waals surface area contributed by atoms with E-state index in [-0.39, 0.29) is 11.6 Å². The molecule has 0 aliphatic rings. The zero-order valence-corrected chi connectivity index (χ0v) is 9.91. The number of nitrogens with one attached hydrogen (secondary N) is 1. The average Bonchev–Trinajstić information content (AvgIpc) is 2.00. The van der Waals surface area contributed by atoms with Crippen molar-refractivity contribution in [2.45, 2.75) is 19.4 Å². The third-order valence-electron chi connectivity index (χ3n) is 1.45. The van der Waals surface area contributed by atoms with Gasteiger partial charge in [-0.3, -0.25) is 4.79 Å². The molecule has 0 aromatic heterocycles. The fraction of sp³-hybridized carbons (Fsp3) is 0.857. The molecular weight excluding hydrogens is 230 g/mol. The summed E-state index contributed by atoms with van der Waals surface area (Å²) in [5, 5.41) is 0. The van der Waals surface area contributed by atoms with Crippen molar-refractivity contribution in [3.63, 3.8) is 0 Å². The van der Waals surface area contributed by atoms with Gasteiger partial charge in [-0.15, -0.1) is 11.6 Å². The summed E-state index contributed by atoms with van der Waals surface area (Å²) in [6.07, 6.45) is 0. The predicted octanol–water partition coefficient (Wildman–Crippen LogP) is 0.0962. The summed E-state index contributed by atoms with van der Waals surface area (Å²) in [6.45, 7) is 2.84. The first kappa shape index (κ1) is 13.7. The van der Waals surface area contributed by atoms with E-state index in [0.29, 0.717) is 0 Å². The van der Waals surface area contributed by atoms with Crippen LogP contribution in [-0.2, 0) is 19.6 Å². The molecule has 0 aliphatic carbocycles. The normalized spacial score (nSPS) is 12.6. The van der Waals surface area contributed by atoms with E-state index in [0.717, 1.165) is 0 Å². The van der Waals surface area contributed by atoms with Crippen LogP contribution in [0, 0.1) is 0 Å². The Hall–Kier alpha value is -0.330. The maximum atomic E-state index is 11.3. The first-order valence-corrected chi connectivity index (χ1v) is 6.10. The van der Waals surface area contributed by atoms with Gasteiger partial charge in [-0.25, -0.2) is 8.42 Å². The van der Waals surface area contributed by atoms with Gasteiger partial charge in [0.2, 0.25) is 10.0 Å². The molecule has 0 rings (SSSR count). The molecule has 0 aromatic rings. The lowest BCUT2D eigenvalue weighted by molar-refractivity contribution is -0.146. The quantitative estimate of drug-likeness (QED) is 0.549. The van der Waals surface area contributed by atoms with Gasteiger partial charge in [-0.1, -0.05) is 0 Å². The average molecular weight is 244 g/mol. The third-order valence-corrected chi connectivity index (χ3v) is 3.43. The fourth-order valence-corrected chi connectivity index (χ4v) is 2.61. The van der Waals surface area contributed by atoms with Crippen molar-refractivity contribution in [3.8, 4) is 0 Å². The van der Waals surface area contributed by atoms with Crippen molar-refractivity contribution in [2.24, 2.45) is 0 Å². The van der Waals surface area contributed by atoms with E-state index in [9.17, 15) is 13.2 Å². The van der Waals surface area contributed by atoms with Crippen molar-refractivity contribution in [1.82, 2.24) is 4.72 Å². The van der Waals surface area contributed by atoms with Crippen LogP contribution < -0.4 is 4.72 Å². The number of rotatable bonds is 5. The predicted molar refractivity (Wildman–Crippen MR) is 53.7 cm³/mol. The number of esters is 1. The number of carbonyl (C=O) groups excluding carboxylic acids is 1. The molecule has 7 heteroatoms. The molecule has 5 nitrogen and oxygen atoms in total. The lowest BCUT2D eigenvalue weighted by Gasteiger charge is -2.22. The first-order valence-electron chi connectivity index (χ1n) is 3.91. The highest BCUT2D eigenvalue weighted by Crippen LogP contribution is 2.07. The Bertz CT molecular complexity index is 299. The van der Waals surface area contributed by atoms with Gasteiger partial charge in [-0.05, 0) is 13.8 Å². The minimum absolute atomic E-state index is 0.0212. The summed E-state index contributed by atoms with van der Waals surface area (Å²) in [5.41, 5.74) is -1.26. The molecule has 0 fully saturated rings. The Morgan fingerprint density at radius 2 is 2.00 bits per heavy atom. The monoisotopic (exact) mass is 243 g/mol. The van der Waals surface area contributed by atoms with Crippen LogP contribution in [0.2, 0.25) is 0 Å². The molecule has 0 spiro atoms. The minimum atomic E-state index is -3.53. The van der Waals surface area contributed by atoms with Crippen LogP contribution >= 0.6 is 11.6 Å². The van der Waals surface area contributed by atoms with Crippen LogP contribution in [0.3, 0.4) is 0 Å². The molecule has 84 valence electrons. The molecule has 0 aromatic carbocycles. The van der Waals surface area contributed by atoms with Gasteiger partial charge in [0.1, 0.15) is 5.54 Å². The Kier molecular flexibility index (Phi) is 4.83. The van der Waals surface area contributed by atoms with Crippen molar-refractivity contribution in [1.29, 1.82) is 0 Å². The number of hydrogen-bond donors (Lipinski definition) is 1. The molecule has 0 unspecified atom stereocenters. The highest BCUT2D eigenvalue weighted by atomic mass is 35.5. The number of halogens is 1. The topological polar surface area (TPSA) is 72.5 Å². The second-order valence-corrected chi connectivity index (χ2v) is 5.45. The van der Waals surface area contributed by atoms with Crippen LogP contribution in [0.25, 0.3) is 0 Å². The van der Waals surface area contributed by atoms with Crippen LogP contribution in [0.1, 0.15) is 13.8 Å².